The number of nitrogens with one attached hydrogen (secondary N) is 1. The van der Waals surface area contributed by atoms with E-state index in [1.165, 1.54) is 0 Å². The van der Waals surface area contributed by atoms with Crippen molar-refractivity contribution in [1.29, 1.82) is 0 Å². The molecule has 1 amide bonds. The van der Waals surface area contributed by atoms with Crippen LogP contribution < -0.4 is 5.32 Å². The van der Waals surface area contributed by atoms with Crippen LogP contribution >= 0.6 is 11.6 Å². The van der Waals surface area contributed by atoms with E-state index in [0.29, 0.717) is 49.5 Å². The normalized spacial score (nSPS) is 16.1. The number of halogens is 1. The molecule has 0 aliphatic carbocycles. The lowest BCUT2D eigenvalue weighted by Crippen LogP contribution is -2.52. The third kappa shape index (κ3) is 4.44. The van der Waals surface area contributed by atoms with Crippen molar-refractivity contribution >= 4 is 17.5 Å². The highest BCUT2D eigenvalue weighted by atomic mass is 35.5. The van der Waals surface area contributed by atoms with Crippen LogP contribution in [0.3, 0.4) is 0 Å². The van der Waals surface area contributed by atoms with E-state index in [9.17, 15) is 4.79 Å². The highest BCUT2D eigenvalue weighted by molar-refractivity contribution is 6.33. The van der Waals surface area contributed by atoms with Gasteiger partial charge in [-0.05, 0) is 18.1 Å². The maximum absolute atomic E-state index is 12.8. The number of ether oxygens (including phenoxy) is 1. The summed E-state index contributed by atoms with van der Waals surface area (Å²) < 4.78 is 11.1. The minimum absolute atomic E-state index is 0.0983. The van der Waals surface area contributed by atoms with Crippen LogP contribution in [0, 0.1) is 5.92 Å². The van der Waals surface area contributed by atoms with Gasteiger partial charge < -0.3 is 14.1 Å². The number of oxazole rings is 1. The van der Waals surface area contributed by atoms with Crippen molar-refractivity contribution in [1.82, 2.24) is 15.2 Å². The maximum atomic E-state index is 12.8. The predicted octanol–water partition coefficient (Wildman–Crippen LogP) is 2.97. The quantitative estimate of drug-likeness (QED) is 0.838. The summed E-state index contributed by atoms with van der Waals surface area (Å²) >= 11 is 6.20. The Balaban J connectivity index is 1.64. The molecule has 6 nitrogen and oxygen atoms in total. The first-order valence-electron chi connectivity index (χ1n) is 8.86. The molecule has 1 saturated heterocycles. The Hall–Kier alpha value is -1.89. The molecule has 1 N–H and O–H groups in total. The second kappa shape index (κ2) is 8.66. The Morgan fingerprint density at radius 3 is 2.73 bits per heavy atom. The summed E-state index contributed by atoms with van der Waals surface area (Å²) in [6.45, 7) is 6.90. The van der Waals surface area contributed by atoms with E-state index in [0.717, 1.165) is 5.56 Å². The van der Waals surface area contributed by atoms with Crippen molar-refractivity contribution in [3.05, 3.63) is 41.4 Å². The van der Waals surface area contributed by atoms with E-state index in [1.807, 2.05) is 43.0 Å². The second-order valence-corrected chi connectivity index (χ2v) is 7.05. The number of nitrogens with zero attached hydrogens (tertiary/aromatic N) is 2. The lowest BCUT2D eigenvalue weighted by atomic mass is 10.0. The Morgan fingerprint density at radius 2 is 2.04 bits per heavy atom. The Morgan fingerprint density at radius 1 is 1.31 bits per heavy atom. The Kier molecular flexibility index (Phi) is 6.29. The van der Waals surface area contributed by atoms with Gasteiger partial charge in [-0.2, -0.15) is 0 Å². The Bertz CT molecular complexity index is 741. The number of carbonyl (C=O) groups is 1. The van der Waals surface area contributed by atoms with Crippen LogP contribution in [-0.4, -0.2) is 48.1 Å². The van der Waals surface area contributed by atoms with Crippen LogP contribution in [0.1, 0.15) is 19.7 Å². The third-order valence-corrected chi connectivity index (χ3v) is 4.75. The van der Waals surface area contributed by atoms with E-state index < -0.39 is 0 Å². The van der Waals surface area contributed by atoms with Crippen molar-refractivity contribution in [3.63, 3.8) is 0 Å². The summed E-state index contributed by atoms with van der Waals surface area (Å²) in [5.41, 5.74) is 0.803. The molecule has 0 spiro atoms. The monoisotopic (exact) mass is 377 g/mol. The first-order valence-corrected chi connectivity index (χ1v) is 9.23. The average Bonchev–Trinajstić information content (AvgIpc) is 3.11. The average molecular weight is 378 g/mol. The van der Waals surface area contributed by atoms with E-state index in [1.54, 1.807) is 6.20 Å². The molecule has 0 saturated carbocycles. The highest BCUT2D eigenvalue weighted by Crippen LogP contribution is 2.27. The highest BCUT2D eigenvalue weighted by Gasteiger charge is 2.28. The fourth-order valence-corrected chi connectivity index (χ4v) is 3.19. The number of rotatable bonds is 6. The lowest BCUT2D eigenvalue weighted by molar-refractivity contribution is -0.138. The van der Waals surface area contributed by atoms with Crippen LogP contribution in [0.15, 0.2) is 34.9 Å². The van der Waals surface area contributed by atoms with Gasteiger partial charge in [0, 0.05) is 18.7 Å². The SMILES string of the molecule is CC(C)C(NCc1ncc(-c2ccccc2Cl)o1)C(=O)N1CCOCC1. The molecule has 1 aliphatic heterocycles. The van der Waals surface area contributed by atoms with Crippen molar-refractivity contribution in [2.45, 2.75) is 26.4 Å². The molecule has 3 rings (SSSR count). The zero-order valence-electron chi connectivity index (χ0n) is 15.1. The molecule has 140 valence electrons. The van der Waals surface area contributed by atoms with Crippen molar-refractivity contribution < 1.29 is 13.9 Å². The van der Waals surface area contributed by atoms with Gasteiger partial charge >= 0.3 is 0 Å². The zero-order valence-corrected chi connectivity index (χ0v) is 15.8. The van der Waals surface area contributed by atoms with Gasteiger partial charge in [-0.15, -0.1) is 0 Å². The van der Waals surface area contributed by atoms with Crippen molar-refractivity contribution in [2.75, 3.05) is 26.3 Å². The maximum Gasteiger partial charge on any atom is 0.240 e. The van der Waals surface area contributed by atoms with Crippen LogP contribution in [0.25, 0.3) is 11.3 Å². The first-order chi connectivity index (χ1) is 12.6. The minimum Gasteiger partial charge on any atom is -0.439 e. The molecule has 1 fully saturated rings. The molecule has 1 aromatic heterocycles. The fraction of sp³-hybridized carbons (Fsp3) is 0.474. The number of aromatic nitrogens is 1. The van der Waals surface area contributed by atoms with E-state index in [2.05, 4.69) is 10.3 Å². The summed E-state index contributed by atoms with van der Waals surface area (Å²) in [6, 6.07) is 7.18. The van der Waals surface area contributed by atoms with Crippen LogP contribution in [-0.2, 0) is 16.1 Å². The lowest BCUT2D eigenvalue weighted by Gasteiger charge is -2.32. The number of carbonyl (C=O) groups excluding carboxylic acids is 1. The second-order valence-electron chi connectivity index (χ2n) is 6.64. The smallest absolute Gasteiger partial charge is 0.240 e. The van der Waals surface area contributed by atoms with E-state index in [-0.39, 0.29) is 17.9 Å². The molecule has 0 radical (unpaired) electrons. The van der Waals surface area contributed by atoms with Crippen molar-refractivity contribution in [3.8, 4) is 11.3 Å². The number of hydrogen-bond acceptors (Lipinski definition) is 5. The van der Waals surface area contributed by atoms with Gasteiger partial charge in [0.15, 0.2) is 5.76 Å². The van der Waals surface area contributed by atoms with E-state index >= 15 is 0 Å². The number of hydrogen-bond donors (Lipinski definition) is 1. The predicted molar refractivity (Wildman–Crippen MR) is 99.8 cm³/mol. The molecule has 1 atom stereocenters. The third-order valence-electron chi connectivity index (χ3n) is 4.42. The summed E-state index contributed by atoms with van der Waals surface area (Å²) in [5.74, 6) is 1.40. The first kappa shape index (κ1) is 18.9. The molecule has 1 unspecified atom stereocenters. The minimum atomic E-state index is -0.288. The topological polar surface area (TPSA) is 67.6 Å². The molecule has 7 heteroatoms. The molecular formula is C19H24ClN3O3. The fourth-order valence-electron chi connectivity index (χ4n) is 2.96. The summed E-state index contributed by atoms with van der Waals surface area (Å²) in [6.07, 6.45) is 1.66. The molecule has 1 aliphatic rings. The standard InChI is InChI=1S/C19H24ClN3O3/c1-13(2)18(19(24)23-7-9-25-10-8-23)22-12-17-21-11-16(26-17)14-5-3-4-6-15(14)20/h3-6,11,13,18,22H,7-10,12H2,1-2H3. The van der Waals surface area contributed by atoms with Gasteiger partial charge in [-0.1, -0.05) is 37.6 Å². The largest absolute Gasteiger partial charge is 0.439 e. The van der Waals surface area contributed by atoms with Gasteiger partial charge in [0.05, 0.1) is 37.0 Å². The molecule has 26 heavy (non-hydrogen) atoms. The summed E-state index contributed by atoms with van der Waals surface area (Å²) in [4.78, 5) is 18.9. The molecule has 2 heterocycles. The molecule has 2 aromatic rings. The molecule has 1 aromatic carbocycles. The van der Waals surface area contributed by atoms with Crippen molar-refractivity contribution in [2.24, 2.45) is 5.92 Å². The Labute approximate surface area is 158 Å². The van der Waals surface area contributed by atoms with Gasteiger partial charge in [0.1, 0.15) is 0 Å². The van der Waals surface area contributed by atoms with E-state index in [4.69, 9.17) is 20.8 Å². The number of amides is 1. The van der Waals surface area contributed by atoms with Gasteiger partial charge in [-0.25, -0.2) is 4.98 Å². The van der Waals surface area contributed by atoms with Crippen LogP contribution in [0.4, 0.5) is 0 Å². The van der Waals surface area contributed by atoms with Gasteiger partial charge in [0.25, 0.3) is 0 Å². The summed E-state index contributed by atoms with van der Waals surface area (Å²) in [5, 5.41) is 3.91. The van der Waals surface area contributed by atoms with Crippen LogP contribution in [0.2, 0.25) is 5.02 Å². The zero-order chi connectivity index (χ0) is 18.5. The number of benzene rings is 1. The summed E-state index contributed by atoms with van der Waals surface area (Å²) in [7, 11) is 0. The van der Waals surface area contributed by atoms with Crippen LogP contribution in [0.5, 0.6) is 0 Å². The van der Waals surface area contributed by atoms with Gasteiger partial charge in [0.2, 0.25) is 11.8 Å². The number of morpholine rings is 1. The van der Waals surface area contributed by atoms with Gasteiger partial charge in [-0.3, -0.25) is 10.1 Å². The molecular weight excluding hydrogens is 354 g/mol. The molecule has 0 bridgehead atoms.